The molecule has 2 saturated heterocycles. The number of hydrogen-bond acceptors (Lipinski definition) is 7. The summed E-state index contributed by atoms with van der Waals surface area (Å²) in [6.07, 6.45) is 0.138. The summed E-state index contributed by atoms with van der Waals surface area (Å²) in [6.45, 7) is 0.890. The zero-order valence-corrected chi connectivity index (χ0v) is 17.1. The van der Waals surface area contributed by atoms with Gasteiger partial charge in [-0.2, -0.15) is 4.99 Å². The number of ether oxygens (including phenoxy) is 2. The largest absolute Gasteiger partial charge is 0.486 e. The summed E-state index contributed by atoms with van der Waals surface area (Å²) in [5, 5.41) is 8.95. The van der Waals surface area contributed by atoms with Crippen molar-refractivity contribution >= 4 is 44.3 Å². The number of amidine groups is 1. The van der Waals surface area contributed by atoms with Crippen molar-refractivity contribution in [2.45, 2.75) is 30.6 Å². The van der Waals surface area contributed by atoms with E-state index in [9.17, 15) is 18.0 Å². The Morgan fingerprint density at radius 3 is 2.69 bits per heavy atom. The third-order valence-electron chi connectivity index (χ3n) is 4.87. The summed E-state index contributed by atoms with van der Waals surface area (Å²) in [6, 6.07) is 5.01. The second-order valence-electron chi connectivity index (χ2n) is 7.03. The topological polar surface area (TPSA) is 123 Å². The van der Waals surface area contributed by atoms with E-state index in [0.717, 1.165) is 0 Å². The van der Waals surface area contributed by atoms with E-state index in [1.54, 1.807) is 23.1 Å². The summed E-state index contributed by atoms with van der Waals surface area (Å²) in [5.74, 6) is -0.167. The van der Waals surface area contributed by atoms with Crippen molar-refractivity contribution in [1.29, 1.82) is 0 Å². The predicted molar refractivity (Wildman–Crippen MR) is 108 cm³/mol. The highest BCUT2D eigenvalue weighted by atomic mass is 32.2. The number of anilines is 1. The second kappa shape index (κ2) is 7.86. The average molecular weight is 440 g/mol. The Labute approximate surface area is 172 Å². The van der Waals surface area contributed by atoms with Crippen molar-refractivity contribution in [3.8, 4) is 11.5 Å². The lowest BCUT2D eigenvalue weighted by molar-refractivity contribution is -0.137. The molecule has 0 saturated carbocycles. The molecule has 156 valence electrons. The van der Waals surface area contributed by atoms with Gasteiger partial charge in [-0.05, 0) is 18.6 Å². The van der Waals surface area contributed by atoms with Crippen LogP contribution in [0.2, 0.25) is 0 Å². The molecular formula is C18H20N2O7S2. The van der Waals surface area contributed by atoms with Gasteiger partial charge < -0.3 is 19.5 Å². The highest BCUT2D eigenvalue weighted by Crippen LogP contribution is 2.43. The number of carbonyl (C=O) groups excluding carboxylic acids is 1. The van der Waals surface area contributed by atoms with E-state index < -0.39 is 21.7 Å². The molecule has 0 unspecified atom stereocenters. The first-order chi connectivity index (χ1) is 13.8. The average Bonchev–Trinajstić information content (AvgIpc) is 3.11. The van der Waals surface area contributed by atoms with Crippen LogP contribution < -0.4 is 14.4 Å². The Balaban J connectivity index is 1.62. The third kappa shape index (κ3) is 4.35. The van der Waals surface area contributed by atoms with Gasteiger partial charge in [0.05, 0.1) is 17.5 Å². The summed E-state index contributed by atoms with van der Waals surface area (Å²) < 4.78 is 35.4. The van der Waals surface area contributed by atoms with Crippen LogP contribution in [0.5, 0.6) is 11.5 Å². The van der Waals surface area contributed by atoms with E-state index in [4.69, 9.17) is 14.6 Å². The van der Waals surface area contributed by atoms with Crippen LogP contribution >= 0.6 is 11.8 Å². The maximum Gasteiger partial charge on any atom is 0.303 e. The lowest BCUT2D eigenvalue weighted by Gasteiger charge is -2.26. The molecule has 4 rings (SSSR count). The number of nitrogens with zero attached hydrogens (tertiary/aromatic N) is 2. The number of aliphatic imine (C=N–C) groups is 1. The Bertz CT molecular complexity index is 976. The second-order valence-corrected chi connectivity index (χ2v) is 10.4. The van der Waals surface area contributed by atoms with E-state index in [-0.39, 0.29) is 42.1 Å². The molecule has 3 aliphatic rings. The smallest absolute Gasteiger partial charge is 0.303 e. The van der Waals surface area contributed by atoms with Gasteiger partial charge in [0.15, 0.2) is 26.5 Å². The van der Waals surface area contributed by atoms with Crippen LogP contribution in [0.15, 0.2) is 23.2 Å². The van der Waals surface area contributed by atoms with Gasteiger partial charge in [-0.1, -0.05) is 11.8 Å². The maximum atomic E-state index is 12.3. The molecule has 1 amide bonds. The Morgan fingerprint density at radius 1 is 1.17 bits per heavy atom. The molecule has 3 heterocycles. The van der Waals surface area contributed by atoms with Crippen LogP contribution in [0, 0.1) is 0 Å². The number of carboxylic acids is 1. The fourth-order valence-corrected chi connectivity index (χ4v) is 7.53. The molecule has 11 heteroatoms. The van der Waals surface area contributed by atoms with Gasteiger partial charge >= 0.3 is 5.97 Å². The molecule has 0 bridgehead atoms. The van der Waals surface area contributed by atoms with Crippen molar-refractivity contribution in [3.63, 3.8) is 0 Å². The van der Waals surface area contributed by atoms with Gasteiger partial charge in [-0.25, -0.2) is 8.42 Å². The Morgan fingerprint density at radius 2 is 1.93 bits per heavy atom. The van der Waals surface area contributed by atoms with Gasteiger partial charge in [0.2, 0.25) is 5.91 Å². The summed E-state index contributed by atoms with van der Waals surface area (Å²) in [4.78, 5) is 28.9. The van der Waals surface area contributed by atoms with Crippen molar-refractivity contribution < 1.29 is 32.6 Å². The minimum atomic E-state index is -3.16. The van der Waals surface area contributed by atoms with Crippen LogP contribution in [0.25, 0.3) is 0 Å². The molecular weight excluding hydrogens is 420 g/mol. The van der Waals surface area contributed by atoms with Crippen LogP contribution in [0.3, 0.4) is 0 Å². The van der Waals surface area contributed by atoms with E-state index in [0.29, 0.717) is 35.6 Å². The molecule has 0 spiro atoms. The highest BCUT2D eigenvalue weighted by Gasteiger charge is 2.49. The van der Waals surface area contributed by atoms with Crippen molar-refractivity contribution in [3.05, 3.63) is 18.2 Å². The van der Waals surface area contributed by atoms with E-state index >= 15 is 0 Å². The minimum Gasteiger partial charge on any atom is -0.486 e. The van der Waals surface area contributed by atoms with Crippen molar-refractivity contribution in [1.82, 2.24) is 0 Å². The SMILES string of the molecule is O=C(O)CCCC(=O)N=C1S[C@@H]2CS(=O)(=O)C[C@@H]2N1c1ccc2c(c1)OCCO2. The Kier molecular flexibility index (Phi) is 5.43. The summed E-state index contributed by atoms with van der Waals surface area (Å²) in [7, 11) is -3.16. The zero-order valence-electron chi connectivity index (χ0n) is 15.4. The van der Waals surface area contributed by atoms with Gasteiger partial charge in [0.1, 0.15) is 13.2 Å². The fraction of sp³-hybridized carbons (Fsp3) is 0.500. The van der Waals surface area contributed by atoms with Gasteiger partial charge in [0.25, 0.3) is 0 Å². The lowest BCUT2D eigenvalue weighted by atomic mass is 10.2. The van der Waals surface area contributed by atoms with E-state index in [2.05, 4.69) is 4.99 Å². The normalized spacial score (nSPS) is 25.8. The van der Waals surface area contributed by atoms with Crippen molar-refractivity contribution in [2.75, 3.05) is 29.6 Å². The molecule has 1 aromatic rings. The maximum absolute atomic E-state index is 12.3. The Hall–Kier alpha value is -2.27. The van der Waals surface area contributed by atoms with E-state index in [1.807, 2.05) is 0 Å². The number of sulfone groups is 1. The molecule has 9 nitrogen and oxygen atoms in total. The number of amides is 1. The summed E-state index contributed by atoms with van der Waals surface area (Å²) >= 11 is 1.28. The number of aliphatic carboxylic acids is 1. The highest BCUT2D eigenvalue weighted by molar-refractivity contribution is 8.16. The molecule has 2 fully saturated rings. The number of carboxylic acid groups (broad SMARTS) is 1. The predicted octanol–water partition coefficient (Wildman–Crippen LogP) is 1.31. The fourth-order valence-electron chi connectivity index (χ4n) is 3.60. The van der Waals surface area contributed by atoms with E-state index in [1.165, 1.54) is 11.8 Å². The van der Waals surface area contributed by atoms with Crippen LogP contribution in [-0.2, 0) is 19.4 Å². The van der Waals surface area contributed by atoms with Gasteiger partial charge in [-0.15, -0.1) is 0 Å². The first-order valence-corrected chi connectivity index (χ1v) is 11.9. The number of thioether (sulfide) groups is 1. The van der Waals surface area contributed by atoms with Crippen LogP contribution in [0.4, 0.5) is 5.69 Å². The number of benzene rings is 1. The molecule has 1 aromatic carbocycles. The molecule has 0 aliphatic carbocycles. The van der Waals surface area contributed by atoms with Gasteiger partial charge in [-0.3, -0.25) is 9.59 Å². The van der Waals surface area contributed by atoms with Crippen LogP contribution in [-0.4, -0.2) is 66.6 Å². The van der Waals surface area contributed by atoms with Crippen molar-refractivity contribution in [2.24, 2.45) is 4.99 Å². The van der Waals surface area contributed by atoms with Gasteiger partial charge in [0, 0.05) is 29.8 Å². The first-order valence-electron chi connectivity index (χ1n) is 9.22. The molecule has 0 aromatic heterocycles. The molecule has 1 N–H and O–H groups in total. The number of carbonyl (C=O) groups is 2. The lowest BCUT2D eigenvalue weighted by Crippen LogP contribution is -2.37. The molecule has 0 radical (unpaired) electrons. The third-order valence-corrected chi connectivity index (χ3v) is 8.08. The number of fused-ring (bicyclic) bond motifs is 2. The number of rotatable bonds is 5. The summed E-state index contributed by atoms with van der Waals surface area (Å²) in [5.41, 5.74) is 0.684. The van der Waals surface area contributed by atoms with Crippen LogP contribution in [0.1, 0.15) is 19.3 Å². The minimum absolute atomic E-state index is 0.00860. The molecule has 3 aliphatic heterocycles. The number of hydrogen-bond donors (Lipinski definition) is 1. The zero-order chi connectivity index (χ0) is 20.6. The monoisotopic (exact) mass is 440 g/mol. The standard InChI is InChI=1S/C18H20N2O7S2/c21-16(2-1-3-17(22)23)19-18-20(12-9-29(24,25)10-15(12)28-18)11-4-5-13-14(8-11)27-7-6-26-13/h4-5,8,12,15H,1-3,6-7,9-10H2,(H,22,23)/t12-,15+/m0/s1. The quantitative estimate of drug-likeness (QED) is 0.722. The first kappa shape index (κ1) is 20.0. The molecule has 2 atom stereocenters. The molecule has 29 heavy (non-hydrogen) atoms.